The third kappa shape index (κ3) is 2.14. The number of H-pyrrole nitrogens is 1. The molecule has 3 heterocycles. The summed E-state index contributed by atoms with van der Waals surface area (Å²) in [6, 6.07) is 3.66. The quantitative estimate of drug-likeness (QED) is 0.803. The van der Waals surface area contributed by atoms with Gasteiger partial charge in [0.05, 0.1) is 12.5 Å². The molecule has 6 nitrogen and oxygen atoms in total. The average molecular weight is 317 g/mol. The minimum atomic E-state index is -0.374. The van der Waals surface area contributed by atoms with E-state index in [9.17, 15) is 9.59 Å². The van der Waals surface area contributed by atoms with Gasteiger partial charge in [0.25, 0.3) is 5.56 Å². The number of hydrogen-bond donors (Lipinski definition) is 1. The SMILES string of the molecule is CCn1c(=O)[nH]c2sc(-c3ccc(OC)nc3)c(C)c2c1=O. The van der Waals surface area contributed by atoms with Crippen LogP contribution in [-0.2, 0) is 6.54 Å². The monoisotopic (exact) mass is 317 g/mol. The number of nitrogens with one attached hydrogen (secondary N) is 1. The molecule has 114 valence electrons. The summed E-state index contributed by atoms with van der Waals surface area (Å²) in [5, 5.41) is 0.567. The number of thiophene rings is 1. The Morgan fingerprint density at radius 1 is 1.36 bits per heavy atom. The summed E-state index contributed by atoms with van der Waals surface area (Å²) in [7, 11) is 1.56. The fraction of sp³-hybridized carbons (Fsp3) is 0.267. The third-order valence-corrected chi connectivity index (χ3v) is 4.85. The smallest absolute Gasteiger partial charge is 0.329 e. The predicted molar refractivity (Wildman–Crippen MR) is 86.9 cm³/mol. The van der Waals surface area contributed by atoms with Gasteiger partial charge >= 0.3 is 5.69 Å². The fourth-order valence-corrected chi connectivity index (χ4v) is 3.63. The van der Waals surface area contributed by atoms with Gasteiger partial charge < -0.3 is 4.74 Å². The Hall–Kier alpha value is -2.41. The van der Waals surface area contributed by atoms with Gasteiger partial charge in [-0.2, -0.15) is 0 Å². The molecule has 22 heavy (non-hydrogen) atoms. The van der Waals surface area contributed by atoms with Gasteiger partial charge in [-0.05, 0) is 25.5 Å². The second kappa shape index (κ2) is 5.42. The van der Waals surface area contributed by atoms with Crippen LogP contribution < -0.4 is 16.0 Å². The summed E-state index contributed by atoms with van der Waals surface area (Å²) in [5.74, 6) is 0.532. The van der Waals surface area contributed by atoms with E-state index in [2.05, 4.69) is 9.97 Å². The van der Waals surface area contributed by atoms with E-state index < -0.39 is 0 Å². The molecule has 3 rings (SSSR count). The van der Waals surface area contributed by atoms with E-state index in [1.165, 1.54) is 15.9 Å². The van der Waals surface area contributed by atoms with Crippen LogP contribution in [-0.4, -0.2) is 21.6 Å². The van der Waals surface area contributed by atoms with Crippen molar-refractivity contribution in [3.05, 3.63) is 44.7 Å². The van der Waals surface area contributed by atoms with Crippen LogP contribution in [0.4, 0.5) is 0 Å². The van der Waals surface area contributed by atoms with Crippen molar-refractivity contribution in [2.45, 2.75) is 20.4 Å². The van der Waals surface area contributed by atoms with Crippen molar-refractivity contribution in [2.75, 3.05) is 7.11 Å². The van der Waals surface area contributed by atoms with E-state index in [-0.39, 0.29) is 11.2 Å². The van der Waals surface area contributed by atoms with Crippen LogP contribution in [0.3, 0.4) is 0 Å². The summed E-state index contributed by atoms with van der Waals surface area (Å²) in [6.07, 6.45) is 1.70. The van der Waals surface area contributed by atoms with E-state index in [0.717, 1.165) is 16.0 Å². The number of nitrogens with zero attached hydrogens (tertiary/aromatic N) is 2. The molecule has 0 aliphatic carbocycles. The van der Waals surface area contributed by atoms with Crippen LogP contribution in [0.25, 0.3) is 20.7 Å². The van der Waals surface area contributed by atoms with Gasteiger partial charge in [0.2, 0.25) is 5.88 Å². The molecule has 0 aromatic carbocycles. The van der Waals surface area contributed by atoms with Gasteiger partial charge in [-0.3, -0.25) is 14.3 Å². The standard InChI is InChI=1S/C15H15N3O3S/c1-4-18-14(19)11-8(2)12(22-13(11)17-15(18)20)9-5-6-10(21-3)16-7-9/h5-7H,4H2,1-3H3,(H,17,20). The molecular weight excluding hydrogens is 302 g/mol. The molecule has 7 heteroatoms. The molecule has 0 spiro atoms. The van der Waals surface area contributed by atoms with Gasteiger partial charge in [-0.1, -0.05) is 0 Å². The van der Waals surface area contributed by atoms with Crippen molar-refractivity contribution in [3.8, 4) is 16.3 Å². The summed E-state index contributed by atoms with van der Waals surface area (Å²) < 4.78 is 6.26. The first-order valence-electron chi connectivity index (χ1n) is 6.83. The van der Waals surface area contributed by atoms with E-state index in [0.29, 0.717) is 22.6 Å². The molecule has 0 unspecified atom stereocenters. The highest BCUT2D eigenvalue weighted by atomic mass is 32.1. The number of fused-ring (bicyclic) bond motifs is 1. The number of hydrogen-bond acceptors (Lipinski definition) is 5. The third-order valence-electron chi connectivity index (χ3n) is 3.60. The van der Waals surface area contributed by atoms with Crippen molar-refractivity contribution < 1.29 is 4.74 Å². The van der Waals surface area contributed by atoms with Crippen molar-refractivity contribution in [1.82, 2.24) is 14.5 Å². The lowest BCUT2D eigenvalue weighted by atomic mass is 10.1. The van der Waals surface area contributed by atoms with E-state index in [1.807, 2.05) is 13.0 Å². The topological polar surface area (TPSA) is 77.0 Å². The van der Waals surface area contributed by atoms with Gasteiger partial charge in [0.1, 0.15) is 4.83 Å². The molecule has 0 atom stereocenters. The molecule has 1 N–H and O–H groups in total. The van der Waals surface area contributed by atoms with Crippen LogP contribution in [0.2, 0.25) is 0 Å². The van der Waals surface area contributed by atoms with Crippen molar-refractivity contribution in [3.63, 3.8) is 0 Å². The molecule has 0 radical (unpaired) electrons. The minimum Gasteiger partial charge on any atom is -0.481 e. The zero-order valence-electron chi connectivity index (χ0n) is 12.5. The number of methoxy groups -OCH3 is 1. The lowest BCUT2D eigenvalue weighted by Gasteiger charge is -2.02. The molecule has 0 bridgehead atoms. The first-order valence-corrected chi connectivity index (χ1v) is 7.65. The van der Waals surface area contributed by atoms with Crippen molar-refractivity contribution in [1.29, 1.82) is 0 Å². The number of rotatable bonds is 3. The highest BCUT2D eigenvalue weighted by Gasteiger charge is 2.16. The highest BCUT2D eigenvalue weighted by Crippen LogP contribution is 2.35. The number of aromatic amines is 1. The molecule has 0 aliphatic rings. The number of ether oxygens (including phenoxy) is 1. The summed E-state index contributed by atoms with van der Waals surface area (Å²) >= 11 is 1.39. The first-order chi connectivity index (χ1) is 10.6. The molecule has 0 aliphatic heterocycles. The first kappa shape index (κ1) is 14.5. The molecule has 0 fully saturated rings. The van der Waals surface area contributed by atoms with Crippen LogP contribution in [0.15, 0.2) is 27.9 Å². The zero-order chi connectivity index (χ0) is 15.9. The van der Waals surface area contributed by atoms with Gasteiger partial charge in [0.15, 0.2) is 0 Å². The second-order valence-corrected chi connectivity index (χ2v) is 5.85. The molecule has 3 aromatic rings. The Bertz CT molecular complexity index is 951. The maximum absolute atomic E-state index is 12.5. The van der Waals surface area contributed by atoms with E-state index in [1.54, 1.807) is 26.3 Å². The lowest BCUT2D eigenvalue weighted by molar-refractivity contribution is 0.398. The number of aromatic nitrogens is 3. The molecular formula is C15H15N3O3S. The predicted octanol–water partition coefficient (Wildman–Crippen LogP) is 2.15. The summed E-state index contributed by atoms with van der Waals surface area (Å²) in [6.45, 7) is 4.01. The maximum Gasteiger partial charge on any atom is 0.329 e. The number of pyridine rings is 1. The largest absolute Gasteiger partial charge is 0.481 e. The normalized spacial score (nSPS) is 11.0. The van der Waals surface area contributed by atoms with Crippen molar-refractivity contribution in [2.24, 2.45) is 0 Å². The van der Waals surface area contributed by atoms with E-state index >= 15 is 0 Å². The molecule has 0 saturated carbocycles. The Kier molecular flexibility index (Phi) is 3.58. The fourth-order valence-electron chi connectivity index (χ4n) is 2.45. The minimum absolute atomic E-state index is 0.247. The van der Waals surface area contributed by atoms with Crippen LogP contribution in [0.5, 0.6) is 5.88 Å². The maximum atomic E-state index is 12.5. The summed E-state index contributed by atoms with van der Waals surface area (Å²) in [5.41, 5.74) is 1.13. The number of aryl methyl sites for hydroxylation is 1. The average Bonchev–Trinajstić information content (AvgIpc) is 2.84. The van der Waals surface area contributed by atoms with Crippen LogP contribution in [0, 0.1) is 6.92 Å². The highest BCUT2D eigenvalue weighted by molar-refractivity contribution is 7.22. The van der Waals surface area contributed by atoms with Gasteiger partial charge in [0, 0.05) is 29.2 Å². The van der Waals surface area contributed by atoms with Gasteiger partial charge in [-0.15, -0.1) is 11.3 Å². The van der Waals surface area contributed by atoms with Crippen molar-refractivity contribution >= 4 is 21.6 Å². The molecule has 0 saturated heterocycles. The van der Waals surface area contributed by atoms with Crippen LogP contribution >= 0.6 is 11.3 Å². The van der Waals surface area contributed by atoms with E-state index in [4.69, 9.17) is 4.74 Å². The Labute approximate surface area is 130 Å². The van der Waals surface area contributed by atoms with Crippen LogP contribution in [0.1, 0.15) is 12.5 Å². The summed E-state index contributed by atoms with van der Waals surface area (Å²) in [4.78, 5) is 32.9. The molecule has 3 aromatic heterocycles. The Balaban J connectivity index is 2.28. The zero-order valence-corrected chi connectivity index (χ0v) is 13.3. The Morgan fingerprint density at radius 3 is 2.73 bits per heavy atom. The lowest BCUT2D eigenvalue weighted by Crippen LogP contribution is -2.34. The second-order valence-electron chi connectivity index (χ2n) is 4.83. The Morgan fingerprint density at radius 2 is 2.14 bits per heavy atom. The van der Waals surface area contributed by atoms with Gasteiger partial charge in [-0.25, -0.2) is 9.78 Å². The molecule has 0 amide bonds.